The molecule has 0 spiro atoms. The number of ether oxygens (including phenoxy) is 2. The molecule has 126 valence electrons. The molecule has 1 amide bonds. The molecular formula is C16H14ClFN2O4. The van der Waals surface area contributed by atoms with Crippen molar-refractivity contribution in [1.82, 2.24) is 4.98 Å². The van der Waals surface area contributed by atoms with Crippen LogP contribution >= 0.6 is 11.6 Å². The van der Waals surface area contributed by atoms with Gasteiger partial charge in [0.2, 0.25) is 0 Å². The van der Waals surface area contributed by atoms with Gasteiger partial charge in [-0.2, -0.15) is 0 Å². The Balaban J connectivity index is 1.81. The van der Waals surface area contributed by atoms with E-state index < -0.39 is 30.4 Å². The van der Waals surface area contributed by atoms with Gasteiger partial charge in [0.15, 0.2) is 17.9 Å². The number of halogens is 2. The van der Waals surface area contributed by atoms with Crippen molar-refractivity contribution in [3.63, 3.8) is 0 Å². The van der Waals surface area contributed by atoms with E-state index in [0.717, 1.165) is 0 Å². The molecule has 0 radical (unpaired) electrons. The number of anilines is 1. The third kappa shape index (κ3) is 5.20. The number of esters is 1. The maximum Gasteiger partial charge on any atom is 0.344 e. The minimum atomic E-state index is -1.05. The summed E-state index contributed by atoms with van der Waals surface area (Å²) in [4.78, 5) is 27.5. The SMILES string of the molecule is C[C@@H](OC(=O)COc1ccc(F)cc1)C(=O)Nc1cccnc1Cl. The van der Waals surface area contributed by atoms with Gasteiger partial charge in [-0.05, 0) is 43.3 Å². The monoisotopic (exact) mass is 352 g/mol. The summed E-state index contributed by atoms with van der Waals surface area (Å²) >= 11 is 5.83. The molecule has 1 aromatic heterocycles. The van der Waals surface area contributed by atoms with E-state index >= 15 is 0 Å². The molecule has 1 atom stereocenters. The van der Waals surface area contributed by atoms with Crippen molar-refractivity contribution >= 4 is 29.2 Å². The number of hydrogen-bond donors (Lipinski definition) is 1. The fourth-order valence-corrected chi connectivity index (χ4v) is 1.84. The van der Waals surface area contributed by atoms with Gasteiger partial charge < -0.3 is 14.8 Å². The van der Waals surface area contributed by atoms with Crippen molar-refractivity contribution in [1.29, 1.82) is 0 Å². The quantitative estimate of drug-likeness (QED) is 0.639. The Labute approximate surface area is 142 Å². The van der Waals surface area contributed by atoms with Crippen LogP contribution in [0.3, 0.4) is 0 Å². The number of amides is 1. The average Bonchev–Trinajstić information content (AvgIpc) is 2.56. The van der Waals surface area contributed by atoms with Crippen LogP contribution in [0.25, 0.3) is 0 Å². The third-order valence-electron chi connectivity index (χ3n) is 2.86. The summed E-state index contributed by atoms with van der Waals surface area (Å²) in [6.45, 7) is 1.01. The first-order valence-corrected chi connectivity index (χ1v) is 7.32. The van der Waals surface area contributed by atoms with Gasteiger partial charge >= 0.3 is 5.97 Å². The highest BCUT2D eigenvalue weighted by atomic mass is 35.5. The number of carbonyl (C=O) groups excluding carboxylic acids is 2. The zero-order valence-electron chi connectivity index (χ0n) is 12.7. The Kier molecular flexibility index (Phi) is 6.08. The molecule has 1 aromatic carbocycles. The van der Waals surface area contributed by atoms with Crippen LogP contribution in [-0.2, 0) is 14.3 Å². The van der Waals surface area contributed by atoms with Gasteiger partial charge in [-0.3, -0.25) is 4.79 Å². The second-order valence-electron chi connectivity index (χ2n) is 4.71. The average molecular weight is 353 g/mol. The summed E-state index contributed by atoms with van der Waals surface area (Å²) in [6, 6.07) is 8.34. The fraction of sp³-hybridized carbons (Fsp3) is 0.188. The molecule has 6 nitrogen and oxygen atoms in total. The topological polar surface area (TPSA) is 77.5 Å². The molecule has 2 aromatic rings. The van der Waals surface area contributed by atoms with Gasteiger partial charge in [-0.25, -0.2) is 14.2 Å². The number of pyridine rings is 1. The van der Waals surface area contributed by atoms with Crippen LogP contribution in [0, 0.1) is 5.82 Å². The van der Waals surface area contributed by atoms with Crippen LogP contribution in [0.1, 0.15) is 6.92 Å². The lowest BCUT2D eigenvalue weighted by atomic mass is 10.3. The molecule has 0 unspecified atom stereocenters. The zero-order valence-corrected chi connectivity index (χ0v) is 13.4. The highest BCUT2D eigenvalue weighted by molar-refractivity contribution is 6.32. The van der Waals surface area contributed by atoms with Crippen LogP contribution < -0.4 is 10.1 Å². The summed E-state index contributed by atoms with van der Waals surface area (Å²) in [5, 5.41) is 2.63. The Morgan fingerprint density at radius 3 is 2.67 bits per heavy atom. The number of rotatable bonds is 6. The molecule has 2 rings (SSSR count). The summed E-state index contributed by atoms with van der Waals surface area (Å²) in [5.41, 5.74) is 0.314. The highest BCUT2D eigenvalue weighted by Gasteiger charge is 2.19. The molecule has 0 saturated carbocycles. The Morgan fingerprint density at radius 1 is 1.29 bits per heavy atom. The van der Waals surface area contributed by atoms with Gasteiger partial charge in [0.1, 0.15) is 11.6 Å². The third-order valence-corrected chi connectivity index (χ3v) is 3.17. The second kappa shape index (κ2) is 8.26. The standard InChI is InChI=1S/C16H14ClFN2O4/c1-10(16(22)20-13-3-2-8-19-15(13)17)24-14(21)9-23-12-6-4-11(18)5-7-12/h2-8,10H,9H2,1H3,(H,20,22)/t10-/m1/s1. The van der Waals surface area contributed by atoms with Gasteiger partial charge in [0.05, 0.1) is 5.69 Å². The minimum Gasteiger partial charge on any atom is -0.482 e. The predicted octanol–water partition coefficient (Wildman–Crippen LogP) is 2.82. The lowest BCUT2D eigenvalue weighted by Gasteiger charge is -2.14. The number of hydrogen-bond acceptors (Lipinski definition) is 5. The van der Waals surface area contributed by atoms with E-state index in [1.165, 1.54) is 37.4 Å². The molecule has 8 heteroatoms. The first-order chi connectivity index (χ1) is 11.5. The van der Waals surface area contributed by atoms with Gasteiger partial charge in [-0.15, -0.1) is 0 Å². The van der Waals surface area contributed by atoms with Crippen molar-refractivity contribution in [2.24, 2.45) is 0 Å². The normalized spacial score (nSPS) is 11.5. The van der Waals surface area contributed by atoms with E-state index in [4.69, 9.17) is 21.1 Å². The van der Waals surface area contributed by atoms with Crippen molar-refractivity contribution in [2.45, 2.75) is 13.0 Å². The molecule has 0 aliphatic carbocycles. The van der Waals surface area contributed by atoms with Gasteiger partial charge in [0, 0.05) is 6.20 Å². The first-order valence-electron chi connectivity index (χ1n) is 6.95. The van der Waals surface area contributed by atoms with E-state index in [0.29, 0.717) is 11.4 Å². The van der Waals surface area contributed by atoms with Gasteiger partial charge in [-0.1, -0.05) is 11.6 Å². The first kappa shape index (κ1) is 17.7. The van der Waals surface area contributed by atoms with E-state index in [1.807, 2.05) is 0 Å². The van der Waals surface area contributed by atoms with Crippen LogP contribution in [0.4, 0.5) is 10.1 Å². The summed E-state index contributed by atoms with van der Waals surface area (Å²) < 4.78 is 22.8. The van der Waals surface area contributed by atoms with Crippen LogP contribution in [0.5, 0.6) is 5.75 Å². The zero-order chi connectivity index (χ0) is 17.5. The lowest BCUT2D eigenvalue weighted by Crippen LogP contribution is -2.31. The molecule has 24 heavy (non-hydrogen) atoms. The summed E-state index contributed by atoms with van der Waals surface area (Å²) in [7, 11) is 0. The Hall–Kier alpha value is -2.67. The molecule has 1 heterocycles. The van der Waals surface area contributed by atoms with Crippen molar-refractivity contribution < 1.29 is 23.5 Å². The van der Waals surface area contributed by atoms with E-state index in [2.05, 4.69) is 10.3 Å². The molecule has 1 N–H and O–H groups in total. The number of carbonyl (C=O) groups is 2. The predicted molar refractivity (Wildman–Crippen MR) is 85.3 cm³/mol. The second-order valence-corrected chi connectivity index (χ2v) is 5.06. The lowest BCUT2D eigenvalue weighted by molar-refractivity contribution is -0.155. The van der Waals surface area contributed by atoms with E-state index in [9.17, 15) is 14.0 Å². The van der Waals surface area contributed by atoms with Crippen molar-refractivity contribution in [2.75, 3.05) is 11.9 Å². The smallest absolute Gasteiger partial charge is 0.344 e. The van der Waals surface area contributed by atoms with Crippen molar-refractivity contribution in [3.8, 4) is 5.75 Å². The molecule has 0 saturated heterocycles. The maximum atomic E-state index is 12.7. The maximum absolute atomic E-state index is 12.7. The molecular weight excluding hydrogens is 339 g/mol. The number of nitrogens with one attached hydrogen (secondary N) is 1. The Bertz CT molecular complexity index is 724. The van der Waals surface area contributed by atoms with E-state index in [1.54, 1.807) is 12.1 Å². The fourth-order valence-electron chi connectivity index (χ4n) is 1.67. The Morgan fingerprint density at radius 2 is 2.00 bits per heavy atom. The molecule has 0 aliphatic heterocycles. The number of nitrogens with zero attached hydrogens (tertiary/aromatic N) is 1. The molecule has 0 fully saturated rings. The minimum absolute atomic E-state index is 0.129. The van der Waals surface area contributed by atoms with Crippen LogP contribution in [-0.4, -0.2) is 29.6 Å². The van der Waals surface area contributed by atoms with Crippen molar-refractivity contribution in [3.05, 3.63) is 53.6 Å². The van der Waals surface area contributed by atoms with Gasteiger partial charge in [0.25, 0.3) is 5.91 Å². The van der Waals surface area contributed by atoms with Crippen LogP contribution in [0.2, 0.25) is 5.15 Å². The summed E-state index contributed by atoms with van der Waals surface area (Å²) in [6.07, 6.45) is 0.430. The summed E-state index contributed by atoms with van der Waals surface area (Å²) in [5.74, 6) is -1.39. The molecule has 0 bridgehead atoms. The largest absolute Gasteiger partial charge is 0.482 e. The highest BCUT2D eigenvalue weighted by Crippen LogP contribution is 2.18. The van der Waals surface area contributed by atoms with Crippen LogP contribution in [0.15, 0.2) is 42.6 Å². The number of benzene rings is 1. The van der Waals surface area contributed by atoms with E-state index in [-0.39, 0.29) is 5.15 Å². The number of aromatic nitrogens is 1. The molecule has 0 aliphatic rings.